The van der Waals surface area contributed by atoms with Crippen molar-refractivity contribution in [2.75, 3.05) is 27.3 Å². The molecule has 12 heavy (non-hydrogen) atoms. The van der Waals surface area contributed by atoms with Gasteiger partial charge in [-0.15, -0.1) is 0 Å². The smallest absolute Gasteiger partial charge is 0.339 e. The molecule has 6 nitrogen and oxygen atoms in total. The van der Waals surface area contributed by atoms with E-state index in [9.17, 15) is 4.21 Å². The Balaban J connectivity index is 2.32. The molecule has 0 aromatic rings. The van der Waals surface area contributed by atoms with Crippen LogP contribution >= 0.6 is 0 Å². The summed E-state index contributed by atoms with van der Waals surface area (Å²) in [5, 5.41) is 3.55. The third-order valence-electron chi connectivity index (χ3n) is 1.36. The number of oxime groups is 1. The first-order valence-electron chi connectivity index (χ1n) is 3.38. The molecule has 1 rings (SSSR count). The fourth-order valence-corrected chi connectivity index (χ4v) is 1.18. The van der Waals surface area contributed by atoms with E-state index in [-0.39, 0.29) is 0 Å². The molecule has 1 aliphatic heterocycles. The van der Waals surface area contributed by atoms with Crippen molar-refractivity contribution in [3.63, 3.8) is 0 Å². The molecule has 0 saturated carbocycles. The fourth-order valence-electron chi connectivity index (χ4n) is 0.663. The lowest BCUT2D eigenvalue weighted by Gasteiger charge is -2.15. The monoisotopic (exact) mass is 193 g/mol. The molecular weight excluding hydrogens is 182 g/mol. The number of methoxy groups -OCH3 is 1. The van der Waals surface area contributed by atoms with E-state index in [1.54, 1.807) is 19.1 Å². The molecule has 1 N–H and O–H groups in total. The molecule has 1 unspecified atom stereocenters. The van der Waals surface area contributed by atoms with Gasteiger partial charge in [0.25, 0.3) is 5.96 Å². The van der Waals surface area contributed by atoms with Crippen LogP contribution in [0.3, 0.4) is 0 Å². The average Bonchev–Trinajstić information content (AvgIpc) is 2.47. The van der Waals surface area contributed by atoms with E-state index >= 15 is 0 Å². The maximum atomic E-state index is 10.6. The van der Waals surface area contributed by atoms with Crippen molar-refractivity contribution in [3.8, 4) is 0 Å². The molecule has 0 spiro atoms. The number of guanidine groups is 1. The summed E-state index contributed by atoms with van der Waals surface area (Å²) in [5.41, 5.74) is 0. The maximum Gasteiger partial charge on any atom is 0.339 e. The number of nitrogens with one attached hydrogen (secondary N) is 1. The number of nitrogens with zero attached hydrogens (tertiary/aromatic N) is 2. The molecule has 1 atom stereocenters. The van der Waals surface area contributed by atoms with Crippen molar-refractivity contribution in [1.29, 1.82) is 0 Å². The van der Waals surface area contributed by atoms with Crippen LogP contribution in [0, 0.1) is 0 Å². The Morgan fingerprint density at radius 1 is 1.83 bits per heavy atom. The average molecular weight is 193 g/mol. The van der Waals surface area contributed by atoms with Crippen LogP contribution in [-0.2, 0) is 20.3 Å². The van der Waals surface area contributed by atoms with Crippen LogP contribution in [0.1, 0.15) is 0 Å². The van der Waals surface area contributed by atoms with Gasteiger partial charge in [0.2, 0.25) is 0 Å². The Morgan fingerprint density at radius 2 is 2.58 bits per heavy atom. The first kappa shape index (κ1) is 9.27. The second-order valence-corrected chi connectivity index (χ2v) is 3.06. The zero-order valence-electron chi connectivity index (χ0n) is 6.94. The first-order valence-corrected chi connectivity index (χ1v) is 4.45. The van der Waals surface area contributed by atoms with E-state index in [0.717, 1.165) is 0 Å². The van der Waals surface area contributed by atoms with E-state index in [4.69, 9.17) is 4.74 Å². The zero-order chi connectivity index (χ0) is 8.97. The van der Waals surface area contributed by atoms with Gasteiger partial charge in [0.05, 0.1) is 6.61 Å². The number of rotatable bonds is 3. The van der Waals surface area contributed by atoms with Crippen LogP contribution in [-0.4, -0.2) is 42.4 Å². The molecule has 7 heteroatoms. The molecule has 70 valence electrons. The van der Waals surface area contributed by atoms with Crippen LogP contribution in [0.4, 0.5) is 0 Å². The van der Waals surface area contributed by atoms with Gasteiger partial charge in [0.1, 0.15) is 0 Å². The molecule has 0 aliphatic carbocycles. The summed E-state index contributed by atoms with van der Waals surface area (Å²) in [6, 6.07) is 0. The molecule has 1 aliphatic rings. The summed E-state index contributed by atoms with van der Waals surface area (Å²) < 4.78 is 22.5. The third-order valence-corrected chi connectivity index (χ3v) is 1.92. The van der Waals surface area contributed by atoms with E-state index in [1.807, 2.05) is 0 Å². The number of likely N-dealkylation sites (N-methyl/N-ethyl adjacent to an activating group) is 1. The lowest BCUT2D eigenvalue weighted by atomic mass is 10.6. The van der Waals surface area contributed by atoms with E-state index in [1.165, 1.54) is 0 Å². The van der Waals surface area contributed by atoms with Gasteiger partial charge in [-0.25, -0.2) is 4.72 Å². The van der Waals surface area contributed by atoms with Gasteiger partial charge in [-0.05, 0) is 5.16 Å². The van der Waals surface area contributed by atoms with Crippen molar-refractivity contribution in [2.24, 2.45) is 5.16 Å². The van der Waals surface area contributed by atoms with Gasteiger partial charge in [0, 0.05) is 20.7 Å². The summed E-state index contributed by atoms with van der Waals surface area (Å²) in [6.07, 6.45) is 0. The van der Waals surface area contributed by atoms with Crippen molar-refractivity contribution in [2.45, 2.75) is 0 Å². The van der Waals surface area contributed by atoms with Crippen LogP contribution < -0.4 is 4.72 Å². The minimum Gasteiger partial charge on any atom is -0.383 e. The normalized spacial score (nSPS) is 21.2. The first-order chi connectivity index (χ1) is 5.74. The molecular formula is C5H11N3O3S. The Bertz CT molecular complexity index is 208. The zero-order valence-corrected chi connectivity index (χ0v) is 7.76. The van der Waals surface area contributed by atoms with Gasteiger partial charge in [-0.3, -0.25) is 4.28 Å². The third kappa shape index (κ3) is 2.35. The minimum absolute atomic E-state index is 0.463. The second kappa shape index (κ2) is 4.27. The summed E-state index contributed by atoms with van der Waals surface area (Å²) in [4.78, 5) is 1.76. The fraction of sp³-hybridized carbons (Fsp3) is 0.800. The summed E-state index contributed by atoms with van der Waals surface area (Å²) >= 11 is -1.52. The summed E-state index contributed by atoms with van der Waals surface area (Å²) in [5.74, 6) is 0.463. The Morgan fingerprint density at radius 3 is 3.08 bits per heavy atom. The van der Waals surface area contributed by atoms with Crippen LogP contribution in [0.25, 0.3) is 0 Å². The standard InChI is InChI=1S/C5H11N3O3S/c1-8(3-4-10-2)5-6-11-12(9)7-5/h3-4H2,1-2H3,(H,6,7). The van der Waals surface area contributed by atoms with Crippen LogP contribution in [0.15, 0.2) is 5.16 Å². The molecule has 0 bridgehead atoms. The Hall–Kier alpha value is -0.820. The highest BCUT2D eigenvalue weighted by Crippen LogP contribution is 1.97. The van der Waals surface area contributed by atoms with E-state index in [2.05, 4.69) is 14.2 Å². The van der Waals surface area contributed by atoms with Gasteiger partial charge in [-0.2, -0.15) is 4.21 Å². The molecule has 1 heterocycles. The van der Waals surface area contributed by atoms with E-state index < -0.39 is 11.3 Å². The van der Waals surface area contributed by atoms with Crippen molar-refractivity contribution < 1.29 is 13.2 Å². The molecule has 0 aromatic heterocycles. The topological polar surface area (TPSA) is 63.2 Å². The molecule has 0 saturated heterocycles. The highest BCUT2D eigenvalue weighted by Gasteiger charge is 2.17. The Labute approximate surface area is 73.3 Å². The summed E-state index contributed by atoms with van der Waals surface area (Å²) in [6.45, 7) is 1.26. The van der Waals surface area contributed by atoms with Gasteiger partial charge >= 0.3 is 11.3 Å². The number of hydrogen-bond acceptors (Lipinski definition) is 5. The van der Waals surface area contributed by atoms with Crippen molar-refractivity contribution in [3.05, 3.63) is 0 Å². The lowest BCUT2D eigenvalue weighted by Crippen LogP contribution is -2.37. The molecule has 0 aromatic carbocycles. The van der Waals surface area contributed by atoms with Crippen molar-refractivity contribution >= 4 is 17.2 Å². The largest absolute Gasteiger partial charge is 0.383 e. The van der Waals surface area contributed by atoms with Crippen LogP contribution in [0.5, 0.6) is 0 Å². The highest BCUT2D eigenvalue weighted by molar-refractivity contribution is 7.79. The SMILES string of the molecule is COCCN(C)C1=NOS(=O)N1. The second-order valence-electron chi connectivity index (χ2n) is 2.24. The maximum absolute atomic E-state index is 10.6. The highest BCUT2D eigenvalue weighted by atomic mass is 32.2. The predicted molar refractivity (Wildman–Crippen MR) is 44.3 cm³/mol. The van der Waals surface area contributed by atoms with Gasteiger partial charge in [0.15, 0.2) is 0 Å². The van der Waals surface area contributed by atoms with Gasteiger partial charge in [-0.1, -0.05) is 0 Å². The Kier molecular flexibility index (Phi) is 3.30. The molecule has 0 fully saturated rings. The summed E-state index contributed by atoms with van der Waals surface area (Å²) in [7, 11) is 3.42. The lowest BCUT2D eigenvalue weighted by molar-refractivity contribution is 0.181. The number of hydrogen-bond donors (Lipinski definition) is 1. The predicted octanol–water partition coefficient (Wildman–Crippen LogP) is -0.966. The quantitative estimate of drug-likeness (QED) is 0.626. The molecule has 0 radical (unpaired) electrons. The van der Waals surface area contributed by atoms with Crippen LogP contribution in [0.2, 0.25) is 0 Å². The minimum atomic E-state index is -1.52. The van der Waals surface area contributed by atoms with Crippen molar-refractivity contribution in [1.82, 2.24) is 9.62 Å². The van der Waals surface area contributed by atoms with Gasteiger partial charge < -0.3 is 9.64 Å². The molecule has 0 amide bonds. The van der Waals surface area contributed by atoms with E-state index in [0.29, 0.717) is 19.1 Å². The number of ether oxygens (including phenoxy) is 1.